The lowest BCUT2D eigenvalue weighted by Gasteiger charge is -2.29. The molecule has 2 aromatic carbocycles. The number of benzene rings is 2. The molecule has 1 saturated heterocycles. The second-order valence-corrected chi connectivity index (χ2v) is 8.82. The van der Waals surface area contributed by atoms with E-state index >= 15 is 0 Å². The fourth-order valence-electron chi connectivity index (χ4n) is 5.08. The summed E-state index contributed by atoms with van der Waals surface area (Å²) in [6.45, 7) is 0.393. The van der Waals surface area contributed by atoms with Crippen molar-refractivity contribution in [2.75, 3.05) is 19.6 Å². The van der Waals surface area contributed by atoms with Crippen LogP contribution in [-0.4, -0.2) is 47.4 Å². The number of carbonyl (C=O) groups excluding carboxylic acids is 2. The van der Waals surface area contributed by atoms with Gasteiger partial charge >= 0.3 is 6.18 Å². The lowest BCUT2D eigenvalue weighted by molar-refractivity contribution is -0.138. The van der Waals surface area contributed by atoms with Crippen molar-refractivity contribution in [2.24, 2.45) is 0 Å². The van der Waals surface area contributed by atoms with Crippen LogP contribution in [-0.2, 0) is 15.0 Å². The quantitative estimate of drug-likeness (QED) is 0.655. The molecule has 2 aliphatic heterocycles. The van der Waals surface area contributed by atoms with Crippen molar-refractivity contribution in [3.8, 4) is 0 Å². The van der Waals surface area contributed by atoms with Gasteiger partial charge < -0.3 is 9.80 Å². The molecule has 5 rings (SSSR count). The van der Waals surface area contributed by atoms with E-state index in [2.05, 4.69) is 0 Å². The molecule has 0 N–H and O–H groups in total. The third-order valence-electron chi connectivity index (χ3n) is 6.85. The normalized spacial score (nSPS) is 19.5. The van der Waals surface area contributed by atoms with Gasteiger partial charge in [-0.3, -0.25) is 9.59 Å². The van der Waals surface area contributed by atoms with Gasteiger partial charge in [-0.05, 0) is 41.2 Å². The standard InChI is InChI=1S/C27H23F3N2O2/c28-27(29,30)23-12-11-19-16-32(17-20(19)15-23)24(33)18-31-14-13-26(25(31)34,21-7-3-1-4-8-21)22-9-5-2-6-10-22/h1-10,12,15-16H,11,13-14,17-18H2. The Morgan fingerprint density at radius 2 is 1.56 bits per heavy atom. The topological polar surface area (TPSA) is 40.6 Å². The highest BCUT2D eigenvalue weighted by Crippen LogP contribution is 2.42. The number of allylic oxidation sites excluding steroid dienone is 3. The van der Waals surface area contributed by atoms with E-state index in [1.165, 1.54) is 4.90 Å². The Balaban J connectivity index is 1.35. The molecule has 7 heteroatoms. The van der Waals surface area contributed by atoms with Gasteiger partial charge in [0.15, 0.2) is 0 Å². The third-order valence-corrected chi connectivity index (χ3v) is 6.85. The molecule has 1 fully saturated rings. The second-order valence-electron chi connectivity index (χ2n) is 8.82. The maximum Gasteiger partial charge on any atom is 0.416 e. The van der Waals surface area contributed by atoms with Gasteiger partial charge in [0.2, 0.25) is 11.8 Å². The summed E-state index contributed by atoms with van der Waals surface area (Å²) in [5, 5.41) is 0. The number of alkyl halides is 3. The SMILES string of the molecule is O=C(CN1CCC(c2ccccc2)(c2ccccc2)C1=O)N1C=C2CC=C(C(F)(F)F)C=C2C1. The summed E-state index contributed by atoms with van der Waals surface area (Å²) in [6.07, 6.45) is 0.132. The van der Waals surface area contributed by atoms with Gasteiger partial charge in [-0.2, -0.15) is 13.2 Å². The van der Waals surface area contributed by atoms with Crippen LogP contribution in [0.3, 0.4) is 0 Å². The third kappa shape index (κ3) is 3.75. The number of fused-ring (bicyclic) bond motifs is 1. The van der Waals surface area contributed by atoms with Crippen LogP contribution < -0.4 is 0 Å². The Hall–Kier alpha value is -3.61. The molecule has 0 bridgehead atoms. The minimum absolute atomic E-state index is 0.0894. The average molecular weight is 464 g/mol. The Morgan fingerprint density at radius 1 is 0.941 bits per heavy atom. The van der Waals surface area contributed by atoms with Gasteiger partial charge in [-0.25, -0.2) is 0 Å². The molecule has 4 nitrogen and oxygen atoms in total. The van der Waals surface area contributed by atoms with Gasteiger partial charge in [0.25, 0.3) is 0 Å². The van der Waals surface area contributed by atoms with Gasteiger partial charge in [-0.15, -0.1) is 0 Å². The Labute approximate surface area is 195 Å². The lowest BCUT2D eigenvalue weighted by atomic mass is 9.73. The van der Waals surface area contributed by atoms with E-state index in [0.29, 0.717) is 24.1 Å². The van der Waals surface area contributed by atoms with Crippen molar-refractivity contribution >= 4 is 11.8 Å². The first-order valence-corrected chi connectivity index (χ1v) is 11.2. The molecular formula is C27H23F3N2O2. The first-order valence-electron chi connectivity index (χ1n) is 11.2. The number of hydrogen-bond acceptors (Lipinski definition) is 2. The zero-order valence-electron chi connectivity index (χ0n) is 18.4. The van der Waals surface area contributed by atoms with Crippen molar-refractivity contribution in [3.63, 3.8) is 0 Å². The monoisotopic (exact) mass is 464 g/mol. The number of carbonyl (C=O) groups is 2. The molecule has 3 aliphatic rings. The summed E-state index contributed by atoms with van der Waals surface area (Å²) in [4.78, 5) is 29.8. The molecule has 174 valence electrons. The molecule has 0 aromatic heterocycles. The van der Waals surface area contributed by atoms with Crippen LogP contribution in [0.5, 0.6) is 0 Å². The number of halogens is 3. The molecule has 2 aromatic rings. The average Bonchev–Trinajstić information content (AvgIpc) is 3.41. The zero-order chi connectivity index (χ0) is 23.9. The van der Waals surface area contributed by atoms with E-state index in [0.717, 1.165) is 23.3 Å². The molecule has 2 heterocycles. The Morgan fingerprint density at radius 3 is 2.15 bits per heavy atom. The summed E-state index contributed by atoms with van der Waals surface area (Å²) in [5.41, 5.74) is 1.42. The minimum Gasteiger partial charge on any atom is -0.332 e. The fourth-order valence-corrected chi connectivity index (χ4v) is 5.08. The molecule has 1 aliphatic carbocycles. The van der Waals surface area contributed by atoms with Gasteiger partial charge in [0.05, 0.1) is 12.1 Å². The fraction of sp³-hybridized carbons (Fsp3) is 0.259. The van der Waals surface area contributed by atoms with E-state index in [4.69, 9.17) is 0 Å². The van der Waals surface area contributed by atoms with Gasteiger partial charge in [0.1, 0.15) is 12.0 Å². The van der Waals surface area contributed by atoms with E-state index < -0.39 is 17.2 Å². The van der Waals surface area contributed by atoms with E-state index in [1.54, 1.807) is 11.1 Å². The summed E-state index contributed by atoms with van der Waals surface area (Å²) in [5.74, 6) is -0.440. The highest BCUT2D eigenvalue weighted by molar-refractivity contribution is 5.96. The summed E-state index contributed by atoms with van der Waals surface area (Å²) in [7, 11) is 0. The maximum absolute atomic E-state index is 13.8. The molecule has 0 unspecified atom stereocenters. The van der Waals surface area contributed by atoms with Crippen molar-refractivity contribution in [1.82, 2.24) is 9.80 Å². The zero-order valence-corrected chi connectivity index (χ0v) is 18.4. The molecule has 2 amide bonds. The molecule has 0 radical (unpaired) electrons. The first-order chi connectivity index (χ1) is 16.3. The minimum atomic E-state index is -4.41. The van der Waals surface area contributed by atoms with E-state index in [9.17, 15) is 22.8 Å². The predicted octanol–water partition coefficient (Wildman–Crippen LogP) is 4.75. The van der Waals surface area contributed by atoms with Crippen LogP contribution in [0.25, 0.3) is 0 Å². The lowest BCUT2D eigenvalue weighted by Crippen LogP contribution is -2.43. The van der Waals surface area contributed by atoms with Crippen molar-refractivity contribution in [2.45, 2.75) is 24.4 Å². The molecular weight excluding hydrogens is 441 g/mol. The van der Waals surface area contributed by atoms with Crippen LogP contribution in [0.2, 0.25) is 0 Å². The van der Waals surface area contributed by atoms with Crippen LogP contribution in [0.1, 0.15) is 24.0 Å². The van der Waals surface area contributed by atoms with Crippen molar-refractivity contribution in [3.05, 3.63) is 107 Å². The summed E-state index contributed by atoms with van der Waals surface area (Å²) < 4.78 is 39.2. The Bertz CT molecular complexity index is 1170. The number of amides is 2. The molecule has 0 spiro atoms. The van der Waals surface area contributed by atoms with E-state index in [1.807, 2.05) is 60.7 Å². The predicted molar refractivity (Wildman–Crippen MR) is 121 cm³/mol. The smallest absolute Gasteiger partial charge is 0.332 e. The highest BCUT2D eigenvalue weighted by atomic mass is 19.4. The number of nitrogens with zero attached hydrogens (tertiary/aromatic N) is 2. The number of rotatable bonds is 4. The van der Waals surface area contributed by atoms with Gasteiger partial charge in [-0.1, -0.05) is 66.7 Å². The van der Waals surface area contributed by atoms with Crippen molar-refractivity contribution in [1.29, 1.82) is 0 Å². The highest BCUT2D eigenvalue weighted by Gasteiger charge is 2.49. The number of likely N-dealkylation sites (tertiary alicyclic amines) is 1. The maximum atomic E-state index is 13.8. The van der Waals surface area contributed by atoms with E-state index in [-0.39, 0.29) is 31.3 Å². The molecule has 34 heavy (non-hydrogen) atoms. The molecule has 0 saturated carbocycles. The number of hydrogen-bond donors (Lipinski definition) is 0. The Kier molecular flexibility index (Phi) is 5.42. The van der Waals surface area contributed by atoms with Crippen molar-refractivity contribution < 1.29 is 22.8 Å². The van der Waals surface area contributed by atoms with Crippen LogP contribution >= 0.6 is 0 Å². The van der Waals surface area contributed by atoms with Crippen LogP contribution in [0.4, 0.5) is 13.2 Å². The summed E-state index contributed by atoms with van der Waals surface area (Å²) >= 11 is 0. The summed E-state index contributed by atoms with van der Waals surface area (Å²) in [6, 6.07) is 19.1. The van der Waals surface area contributed by atoms with Crippen LogP contribution in [0, 0.1) is 0 Å². The molecule has 0 atom stereocenters. The first kappa shape index (κ1) is 22.2. The largest absolute Gasteiger partial charge is 0.416 e. The second kappa shape index (κ2) is 8.31. The van der Waals surface area contributed by atoms with Crippen LogP contribution in [0.15, 0.2) is 95.7 Å². The van der Waals surface area contributed by atoms with Gasteiger partial charge in [0, 0.05) is 12.7 Å².